The lowest BCUT2D eigenvalue weighted by atomic mass is 10.2. The van der Waals surface area contributed by atoms with E-state index in [0.717, 1.165) is 0 Å². The van der Waals surface area contributed by atoms with Crippen LogP contribution in [0.25, 0.3) is 21.8 Å². The fourth-order valence-electron chi connectivity index (χ4n) is 3.76. The topological polar surface area (TPSA) is 103 Å². The Morgan fingerprint density at radius 3 is 1.78 bits per heavy atom. The van der Waals surface area contributed by atoms with Gasteiger partial charge in [-0.2, -0.15) is 0 Å². The summed E-state index contributed by atoms with van der Waals surface area (Å²) in [6.07, 6.45) is 2.62. The van der Waals surface area contributed by atoms with Crippen molar-refractivity contribution in [2.24, 2.45) is 0 Å². The van der Waals surface area contributed by atoms with Crippen molar-refractivity contribution in [3.8, 4) is 5.75 Å². The van der Waals surface area contributed by atoms with Crippen molar-refractivity contribution < 1.29 is 5.11 Å². The molecular weight excluding hydrogens is 651 g/mol. The third-order valence-corrected chi connectivity index (χ3v) is 7.12. The summed E-state index contributed by atoms with van der Waals surface area (Å²) >= 11 is 30.6. The fraction of sp³-hybridized carbons (Fsp3) is 0.0870. The predicted octanol–water partition coefficient (Wildman–Crippen LogP) is 6.15. The van der Waals surface area contributed by atoms with Crippen LogP contribution in [0.4, 0.5) is 0 Å². The van der Waals surface area contributed by atoms with Crippen LogP contribution in [-0.4, -0.2) is 29.2 Å². The third-order valence-electron chi connectivity index (χ3n) is 5.46. The molecule has 3 heterocycles. The summed E-state index contributed by atoms with van der Waals surface area (Å²) in [5.74, 6) is -0.321. The SMILES string of the molecule is Br.O=c1c2c(Cl)cc(Cl)c(O)c2ncn1Cc1cccc(Cn2cnc3c(Cl)c(Cl)cc(Cl)c3c2=O)n1. The normalized spacial score (nSPS) is 11.2. The number of pyridine rings is 1. The molecule has 0 aliphatic heterocycles. The monoisotopic (exact) mass is 661 g/mol. The molecule has 0 amide bonds. The first-order valence-electron chi connectivity index (χ1n) is 10.2. The van der Waals surface area contributed by atoms with E-state index >= 15 is 0 Å². The van der Waals surface area contributed by atoms with E-state index < -0.39 is 11.1 Å². The van der Waals surface area contributed by atoms with Crippen molar-refractivity contribution in [3.63, 3.8) is 0 Å². The molecule has 0 aliphatic rings. The zero-order chi connectivity index (χ0) is 25.7. The Labute approximate surface area is 243 Å². The Kier molecular flexibility index (Phi) is 8.04. The summed E-state index contributed by atoms with van der Waals surface area (Å²) in [4.78, 5) is 39.0. The van der Waals surface area contributed by atoms with Gasteiger partial charge in [-0.1, -0.05) is 64.1 Å². The standard InChI is InChI=1S/C23H12Cl5N5O3.BrH/c24-12-4-14(26)18(28)19-16(12)22(35)32(8-29-19)6-10-2-1-3-11(31-10)7-33-9-30-20-17(23(33)36)13(25)5-15(27)21(20)34;/h1-5,8-9,34H,6-7H2;1H. The number of aromatic nitrogens is 5. The van der Waals surface area contributed by atoms with Gasteiger partial charge in [-0.05, 0) is 24.3 Å². The highest BCUT2D eigenvalue weighted by atomic mass is 79.9. The largest absolute Gasteiger partial charge is 0.504 e. The van der Waals surface area contributed by atoms with E-state index in [1.165, 1.54) is 33.9 Å². The molecule has 3 aromatic heterocycles. The van der Waals surface area contributed by atoms with E-state index in [0.29, 0.717) is 11.4 Å². The summed E-state index contributed by atoms with van der Waals surface area (Å²) in [7, 11) is 0. The summed E-state index contributed by atoms with van der Waals surface area (Å²) in [5.41, 5.74) is 0.420. The van der Waals surface area contributed by atoms with Gasteiger partial charge in [-0.15, -0.1) is 17.0 Å². The summed E-state index contributed by atoms with van der Waals surface area (Å²) in [5, 5.41) is 10.9. The zero-order valence-electron chi connectivity index (χ0n) is 18.3. The number of phenolic OH excluding ortho intramolecular Hbond substituents is 1. The fourth-order valence-corrected chi connectivity index (χ4v) is 5.03. The molecule has 0 saturated heterocycles. The van der Waals surface area contributed by atoms with Crippen molar-refractivity contribution in [1.82, 2.24) is 24.1 Å². The molecule has 0 aliphatic carbocycles. The number of nitrogens with zero attached hydrogens (tertiary/aromatic N) is 5. The van der Waals surface area contributed by atoms with Gasteiger partial charge in [0.1, 0.15) is 5.52 Å². The molecule has 0 bridgehead atoms. The van der Waals surface area contributed by atoms with Crippen LogP contribution >= 0.6 is 75.0 Å². The van der Waals surface area contributed by atoms with Gasteiger partial charge in [0, 0.05) is 0 Å². The van der Waals surface area contributed by atoms with Gasteiger partial charge in [0.05, 0.1) is 78.5 Å². The van der Waals surface area contributed by atoms with Gasteiger partial charge in [-0.25, -0.2) is 9.97 Å². The lowest BCUT2D eigenvalue weighted by molar-refractivity contribution is 0.480. The minimum atomic E-state index is -0.468. The van der Waals surface area contributed by atoms with Gasteiger partial charge < -0.3 is 5.11 Å². The minimum Gasteiger partial charge on any atom is -0.504 e. The van der Waals surface area contributed by atoms with Crippen LogP contribution in [-0.2, 0) is 13.1 Å². The number of hydrogen-bond donors (Lipinski definition) is 1. The van der Waals surface area contributed by atoms with E-state index in [4.69, 9.17) is 58.0 Å². The first-order chi connectivity index (χ1) is 17.2. The molecule has 8 nitrogen and oxygen atoms in total. The quantitative estimate of drug-likeness (QED) is 0.232. The maximum Gasteiger partial charge on any atom is 0.263 e. The smallest absolute Gasteiger partial charge is 0.263 e. The van der Waals surface area contributed by atoms with Crippen molar-refractivity contribution >= 4 is 96.8 Å². The number of hydrogen-bond acceptors (Lipinski definition) is 6. The number of aromatic hydroxyl groups is 1. The lowest BCUT2D eigenvalue weighted by Gasteiger charge is -2.11. The molecule has 0 radical (unpaired) electrons. The number of halogens is 6. The molecule has 0 atom stereocenters. The Hall–Kier alpha value is -2.40. The molecule has 0 unspecified atom stereocenters. The highest BCUT2D eigenvalue weighted by molar-refractivity contribution is 8.93. The number of fused-ring (bicyclic) bond motifs is 2. The third kappa shape index (κ3) is 5.04. The highest BCUT2D eigenvalue weighted by Gasteiger charge is 2.17. The molecule has 37 heavy (non-hydrogen) atoms. The highest BCUT2D eigenvalue weighted by Crippen LogP contribution is 2.34. The predicted molar refractivity (Wildman–Crippen MR) is 151 cm³/mol. The second-order valence-corrected chi connectivity index (χ2v) is 9.77. The summed E-state index contributed by atoms with van der Waals surface area (Å²) in [6, 6.07) is 7.89. The number of phenols is 1. The first-order valence-corrected chi connectivity index (χ1v) is 12.1. The number of benzene rings is 2. The van der Waals surface area contributed by atoms with E-state index in [1.807, 2.05) is 0 Å². The average molecular weight is 665 g/mol. The van der Waals surface area contributed by atoms with E-state index in [2.05, 4.69) is 15.0 Å². The van der Waals surface area contributed by atoms with Gasteiger partial charge in [0.25, 0.3) is 11.1 Å². The van der Waals surface area contributed by atoms with Crippen LogP contribution in [0.3, 0.4) is 0 Å². The average Bonchev–Trinajstić information content (AvgIpc) is 2.83. The van der Waals surface area contributed by atoms with Crippen molar-refractivity contribution in [2.45, 2.75) is 13.1 Å². The van der Waals surface area contributed by atoms with Crippen LogP contribution < -0.4 is 11.1 Å². The molecule has 0 fully saturated rings. The van der Waals surface area contributed by atoms with Gasteiger partial charge in [0.15, 0.2) is 5.75 Å². The Balaban J connectivity index is 0.00000320. The number of rotatable bonds is 4. The Bertz CT molecular complexity index is 1700. The lowest BCUT2D eigenvalue weighted by Crippen LogP contribution is -2.23. The zero-order valence-corrected chi connectivity index (χ0v) is 23.7. The molecule has 190 valence electrons. The Morgan fingerprint density at radius 2 is 1.22 bits per heavy atom. The van der Waals surface area contributed by atoms with Gasteiger partial charge in [0.2, 0.25) is 0 Å². The molecule has 14 heteroatoms. The van der Waals surface area contributed by atoms with Crippen LogP contribution in [0.15, 0.2) is 52.6 Å². The van der Waals surface area contributed by atoms with Gasteiger partial charge in [-0.3, -0.25) is 23.7 Å². The van der Waals surface area contributed by atoms with Crippen molar-refractivity contribution in [1.29, 1.82) is 0 Å². The molecule has 0 saturated carbocycles. The van der Waals surface area contributed by atoms with E-state index in [-0.39, 0.29) is 82.7 Å². The van der Waals surface area contributed by atoms with Crippen LogP contribution in [0.2, 0.25) is 25.1 Å². The van der Waals surface area contributed by atoms with Crippen LogP contribution in [0.5, 0.6) is 5.75 Å². The summed E-state index contributed by atoms with van der Waals surface area (Å²) < 4.78 is 2.66. The van der Waals surface area contributed by atoms with Crippen LogP contribution in [0, 0.1) is 0 Å². The van der Waals surface area contributed by atoms with E-state index in [1.54, 1.807) is 18.2 Å². The van der Waals surface area contributed by atoms with E-state index in [9.17, 15) is 14.7 Å². The molecular formula is C23H13BrCl5N5O3. The van der Waals surface area contributed by atoms with Crippen LogP contribution in [0.1, 0.15) is 11.4 Å². The molecule has 0 spiro atoms. The second-order valence-electron chi connectivity index (χ2n) is 7.77. The van der Waals surface area contributed by atoms with Crippen molar-refractivity contribution in [3.05, 3.63) is 100 Å². The summed E-state index contributed by atoms with van der Waals surface area (Å²) in [6.45, 7) is 0.162. The Morgan fingerprint density at radius 1 is 0.730 bits per heavy atom. The first kappa shape index (κ1) is 27.6. The molecule has 1 N–H and O–H groups in total. The molecule has 5 rings (SSSR count). The maximum absolute atomic E-state index is 13.1. The van der Waals surface area contributed by atoms with Crippen molar-refractivity contribution in [2.75, 3.05) is 0 Å². The molecule has 5 aromatic rings. The second kappa shape index (κ2) is 10.8. The van der Waals surface area contributed by atoms with Gasteiger partial charge >= 0.3 is 0 Å². The maximum atomic E-state index is 13.1. The molecule has 2 aromatic carbocycles. The minimum absolute atomic E-state index is 0.